The molecule has 0 aromatic heterocycles. The van der Waals surface area contributed by atoms with Gasteiger partial charge in [-0.05, 0) is 55.4 Å². The van der Waals surface area contributed by atoms with E-state index in [-0.39, 0.29) is 5.92 Å². The normalized spacial score (nSPS) is 20.8. The van der Waals surface area contributed by atoms with E-state index in [1.807, 2.05) is 6.07 Å². The second-order valence-corrected chi connectivity index (χ2v) is 7.25. The Labute approximate surface area is 150 Å². The average Bonchev–Trinajstić information content (AvgIpc) is 2.68. The Kier molecular flexibility index (Phi) is 4.73. The summed E-state index contributed by atoms with van der Waals surface area (Å²) in [5.41, 5.74) is 3.81. The third-order valence-electron chi connectivity index (χ3n) is 5.62. The highest BCUT2D eigenvalue weighted by atomic mass is 16.2. The number of nitrogens with one attached hydrogen (secondary N) is 1. The molecule has 3 heteroatoms. The molecule has 1 aliphatic heterocycles. The fourth-order valence-electron chi connectivity index (χ4n) is 4.25. The van der Waals surface area contributed by atoms with Gasteiger partial charge in [0.2, 0.25) is 5.91 Å². The molecular weight excluding hydrogens is 308 g/mol. The lowest BCUT2D eigenvalue weighted by Gasteiger charge is -2.36. The standard InChI is InChI=1S/C22H26N2O/c25-22(21-12-6-8-17-7-4-5-11-20(17)21)24-15-13-19(14-16-24)23-18-9-2-1-3-10-18/h1-5,7,9-11,19,21,23H,6,8,12-16H2/t21-/m0/s1. The molecule has 1 aliphatic carbocycles. The molecule has 1 saturated heterocycles. The molecule has 0 spiro atoms. The van der Waals surface area contributed by atoms with Crippen molar-refractivity contribution in [1.82, 2.24) is 4.90 Å². The second-order valence-electron chi connectivity index (χ2n) is 7.25. The number of piperidine rings is 1. The number of aryl methyl sites for hydroxylation is 1. The topological polar surface area (TPSA) is 32.3 Å². The van der Waals surface area contributed by atoms with Gasteiger partial charge in [-0.3, -0.25) is 4.79 Å². The number of para-hydroxylation sites is 1. The maximum absolute atomic E-state index is 13.1. The average molecular weight is 334 g/mol. The van der Waals surface area contributed by atoms with Gasteiger partial charge in [0.05, 0.1) is 5.92 Å². The highest BCUT2D eigenvalue weighted by Crippen LogP contribution is 2.33. The molecule has 1 fully saturated rings. The number of benzene rings is 2. The van der Waals surface area contributed by atoms with Gasteiger partial charge in [-0.15, -0.1) is 0 Å². The van der Waals surface area contributed by atoms with E-state index >= 15 is 0 Å². The van der Waals surface area contributed by atoms with Gasteiger partial charge in [0.25, 0.3) is 0 Å². The summed E-state index contributed by atoms with van der Waals surface area (Å²) >= 11 is 0. The van der Waals surface area contributed by atoms with Crippen molar-refractivity contribution in [3.63, 3.8) is 0 Å². The second kappa shape index (κ2) is 7.30. The van der Waals surface area contributed by atoms with Gasteiger partial charge in [-0.2, -0.15) is 0 Å². The van der Waals surface area contributed by atoms with E-state index in [4.69, 9.17) is 0 Å². The number of fused-ring (bicyclic) bond motifs is 1. The summed E-state index contributed by atoms with van der Waals surface area (Å²) in [7, 11) is 0. The molecule has 0 bridgehead atoms. The Hall–Kier alpha value is -2.29. The van der Waals surface area contributed by atoms with Crippen molar-refractivity contribution in [1.29, 1.82) is 0 Å². The molecule has 2 aromatic rings. The summed E-state index contributed by atoms with van der Waals surface area (Å²) < 4.78 is 0. The van der Waals surface area contributed by atoms with E-state index in [1.54, 1.807) is 0 Å². The number of nitrogens with zero attached hydrogens (tertiary/aromatic N) is 1. The molecule has 1 heterocycles. The van der Waals surface area contributed by atoms with Gasteiger partial charge in [0, 0.05) is 24.8 Å². The third kappa shape index (κ3) is 3.55. The number of amides is 1. The fourth-order valence-corrected chi connectivity index (χ4v) is 4.25. The molecule has 4 rings (SSSR count). The van der Waals surface area contributed by atoms with Crippen molar-refractivity contribution in [3.05, 3.63) is 65.7 Å². The Morgan fingerprint density at radius 3 is 2.44 bits per heavy atom. The van der Waals surface area contributed by atoms with E-state index in [1.165, 1.54) is 16.8 Å². The Morgan fingerprint density at radius 2 is 1.64 bits per heavy atom. The quantitative estimate of drug-likeness (QED) is 0.912. The molecule has 3 nitrogen and oxygen atoms in total. The van der Waals surface area contributed by atoms with E-state index in [2.05, 4.69) is 58.7 Å². The zero-order valence-electron chi connectivity index (χ0n) is 14.7. The molecule has 25 heavy (non-hydrogen) atoms. The maximum Gasteiger partial charge on any atom is 0.230 e. The summed E-state index contributed by atoms with van der Waals surface area (Å²) in [5.74, 6) is 0.411. The SMILES string of the molecule is O=C([C@H]1CCCc2ccccc21)N1CCC(Nc2ccccc2)CC1. The fraction of sp³-hybridized carbons (Fsp3) is 0.409. The third-order valence-corrected chi connectivity index (χ3v) is 5.62. The predicted octanol–water partition coefficient (Wildman–Crippen LogP) is 4.21. The van der Waals surface area contributed by atoms with E-state index in [9.17, 15) is 4.79 Å². The van der Waals surface area contributed by atoms with E-state index in [0.717, 1.165) is 45.2 Å². The number of carbonyl (C=O) groups excluding carboxylic acids is 1. The van der Waals surface area contributed by atoms with Crippen LogP contribution in [0.25, 0.3) is 0 Å². The van der Waals surface area contributed by atoms with E-state index in [0.29, 0.717) is 11.9 Å². The lowest BCUT2D eigenvalue weighted by atomic mass is 9.82. The lowest BCUT2D eigenvalue weighted by Crippen LogP contribution is -2.44. The first-order valence-corrected chi connectivity index (χ1v) is 9.49. The minimum Gasteiger partial charge on any atom is -0.382 e. The molecule has 1 atom stereocenters. The first-order valence-electron chi connectivity index (χ1n) is 9.49. The molecule has 130 valence electrons. The van der Waals surface area contributed by atoms with Crippen molar-refractivity contribution in [2.24, 2.45) is 0 Å². The van der Waals surface area contributed by atoms with Crippen LogP contribution in [0.1, 0.15) is 42.7 Å². The van der Waals surface area contributed by atoms with Crippen molar-refractivity contribution in [2.75, 3.05) is 18.4 Å². The molecular formula is C22H26N2O. The van der Waals surface area contributed by atoms with Crippen molar-refractivity contribution >= 4 is 11.6 Å². The first-order chi connectivity index (χ1) is 12.3. The van der Waals surface area contributed by atoms with Gasteiger partial charge in [-0.1, -0.05) is 42.5 Å². The maximum atomic E-state index is 13.1. The molecule has 1 N–H and O–H groups in total. The zero-order valence-corrected chi connectivity index (χ0v) is 14.7. The monoisotopic (exact) mass is 334 g/mol. The minimum absolute atomic E-state index is 0.0728. The van der Waals surface area contributed by atoms with Crippen LogP contribution in [0.15, 0.2) is 54.6 Å². The van der Waals surface area contributed by atoms with Crippen molar-refractivity contribution in [2.45, 2.75) is 44.1 Å². The summed E-state index contributed by atoms with van der Waals surface area (Å²) in [5, 5.41) is 3.60. The number of likely N-dealkylation sites (tertiary alicyclic amines) is 1. The Morgan fingerprint density at radius 1 is 0.920 bits per heavy atom. The minimum atomic E-state index is 0.0728. The van der Waals surface area contributed by atoms with E-state index < -0.39 is 0 Å². The van der Waals surface area contributed by atoms with Gasteiger partial charge >= 0.3 is 0 Å². The number of hydrogen-bond donors (Lipinski definition) is 1. The smallest absolute Gasteiger partial charge is 0.230 e. The van der Waals surface area contributed by atoms with Crippen LogP contribution in [0.3, 0.4) is 0 Å². The Balaban J connectivity index is 1.37. The predicted molar refractivity (Wildman–Crippen MR) is 102 cm³/mol. The molecule has 0 unspecified atom stereocenters. The van der Waals surface area contributed by atoms with Crippen LogP contribution in [0, 0.1) is 0 Å². The number of anilines is 1. The first kappa shape index (κ1) is 16.2. The van der Waals surface area contributed by atoms with Gasteiger partial charge in [0.1, 0.15) is 0 Å². The summed E-state index contributed by atoms with van der Waals surface area (Å²) in [6, 6.07) is 19.3. The van der Waals surface area contributed by atoms with Crippen molar-refractivity contribution in [3.8, 4) is 0 Å². The van der Waals surface area contributed by atoms with Crippen LogP contribution in [-0.2, 0) is 11.2 Å². The Bertz CT molecular complexity index is 720. The molecule has 2 aliphatic rings. The van der Waals surface area contributed by atoms with Crippen LogP contribution < -0.4 is 5.32 Å². The van der Waals surface area contributed by atoms with Crippen molar-refractivity contribution < 1.29 is 4.79 Å². The largest absolute Gasteiger partial charge is 0.382 e. The van der Waals surface area contributed by atoms with Crippen LogP contribution in [0.5, 0.6) is 0 Å². The van der Waals surface area contributed by atoms with Crippen LogP contribution >= 0.6 is 0 Å². The number of hydrogen-bond acceptors (Lipinski definition) is 2. The molecule has 1 amide bonds. The molecule has 0 saturated carbocycles. The highest BCUT2D eigenvalue weighted by Gasteiger charge is 2.31. The van der Waals surface area contributed by atoms with Gasteiger partial charge in [-0.25, -0.2) is 0 Å². The summed E-state index contributed by atoms with van der Waals surface area (Å²) in [4.78, 5) is 15.2. The summed E-state index contributed by atoms with van der Waals surface area (Å²) in [6.45, 7) is 1.73. The molecule has 2 aromatic carbocycles. The van der Waals surface area contributed by atoms with Crippen LogP contribution in [-0.4, -0.2) is 29.9 Å². The van der Waals surface area contributed by atoms with Crippen LogP contribution in [0.2, 0.25) is 0 Å². The highest BCUT2D eigenvalue weighted by molar-refractivity contribution is 5.84. The number of rotatable bonds is 3. The van der Waals surface area contributed by atoms with Gasteiger partial charge in [0.15, 0.2) is 0 Å². The van der Waals surface area contributed by atoms with Crippen LogP contribution in [0.4, 0.5) is 5.69 Å². The molecule has 0 radical (unpaired) electrons. The lowest BCUT2D eigenvalue weighted by molar-refractivity contribution is -0.134. The number of carbonyl (C=O) groups is 1. The summed E-state index contributed by atoms with van der Waals surface area (Å²) in [6.07, 6.45) is 5.28. The zero-order chi connectivity index (χ0) is 17.1. The van der Waals surface area contributed by atoms with Gasteiger partial charge < -0.3 is 10.2 Å².